The third kappa shape index (κ3) is 30.2. The fourth-order valence-electron chi connectivity index (χ4n) is 17.0. The minimum atomic E-state index is -1.73. The molecule has 3 aromatic carbocycles. The summed E-state index contributed by atoms with van der Waals surface area (Å²) in [6.45, 7) is 8.59. The first kappa shape index (κ1) is 105. The maximum Gasteiger partial charge on any atom is 0.253 e. The normalized spacial score (nSPS) is 23.9. The molecule has 3 aromatic heterocycles. The molecule has 39 heteroatoms. The largest absolute Gasteiger partial charge is 0.393 e. The number of H-pyrrole nitrogens is 3. The highest BCUT2D eigenvalue weighted by Crippen LogP contribution is 2.31. The Morgan fingerprint density at radius 2 is 1.14 bits per heavy atom. The van der Waals surface area contributed by atoms with Crippen molar-refractivity contribution in [1.82, 2.24) is 81.7 Å². The van der Waals surface area contributed by atoms with Crippen LogP contribution in [0.1, 0.15) is 167 Å². The number of nitrogens with zero attached hydrogens (tertiary/aromatic N) is 6. The molecule has 716 valence electrons. The fraction of sp³-hybridized carbons (Fsp3) is 0.538. The number of benzene rings is 3. The summed E-state index contributed by atoms with van der Waals surface area (Å²) in [5.74, 6) is -20.4. The van der Waals surface area contributed by atoms with Crippen LogP contribution in [0.2, 0.25) is 0 Å². The average molecular weight is 1850 g/mol. The van der Waals surface area contributed by atoms with Gasteiger partial charge in [0.2, 0.25) is 70.9 Å². The van der Waals surface area contributed by atoms with Gasteiger partial charge in [0.1, 0.15) is 36.0 Å². The number of primary amides is 2. The van der Waals surface area contributed by atoms with Gasteiger partial charge >= 0.3 is 0 Å². The summed E-state index contributed by atoms with van der Waals surface area (Å²) in [7, 11) is 5.40. The number of hydrogen-bond donors (Lipinski definition) is 15. The molecule has 0 unspecified atom stereocenters. The smallest absolute Gasteiger partial charge is 0.253 e. The van der Waals surface area contributed by atoms with E-state index in [9.17, 15) is 48.3 Å². The Morgan fingerprint density at radius 1 is 0.561 bits per heavy atom. The van der Waals surface area contributed by atoms with Gasteiger partial charge in [-0.05, 0) is 100.0 Å². The number of Topliss-reactive ketones (excluding diaryl/α,β-unsaturated/α-hetero) is 4. The molecule has 2 fully saturated rings. The molecule has 0 bridgehead atoms. The van der Waals surface area contributed by atoms with Gasteiger partial charge in [-0.15, -0.1) is 11.8 Å². The molecule has 6 aromatic rings. The quantitative estimate of drug-likeness (QED) is 0.0211. The summed E-state index contributed by atoms with van der Waals surface area (Å²) in [5.41, 5.74) is 20.3. The molecule has 2 aliphatic rings. The number of aliphatic hydroxyl groups is 1. The highest BCUT2D eigenvalue weighted by Gasteiger charge is 2.45. The number of aliphatic hydroxyl groups excluding tert-OH is 1. The Labute approximate surface area is 772 Å². The van der Waals surface area contributed by atoms with E-state index in [0.29, 0.717) is 81.6 Å². The van der Waals surface area contributed by atoms with Crippen LogP contribution in [0.3, 0.4) is 0 Å². The van der Waals surface area contributed by atoms with E-state index in [2.05, 4.69) is 57.2 Å². The fourth-order valence-corrected chi connectivity index (χ4v) is 17.8. The number of carbonyl (C=O) groups excluding carboxylic acids is 17. The Hall–Kier alpha value is -12.7. The topological polar surface area (TPSA) is 573 Å². The maximum absolute atomic E-state index is 15.8. The highest BCUT2D eigenvalue weighted by molar-refractivity contribution is 8.01. The second-order valence-corrected chi connectivity index (χ2v) is 36.1. The van der Waals surface area contributed by atoms with Crippen LogP contribution in [0, 0.1) is 35.0 Å². The predicted molar refractivity (Wildman–Crippen MR) is 494 cm³/mol. The van der Waals surface area contributed by atoms with Crippen LogP contribution in [0.25, 0.3) is 21.8 Å². The summed E-state index contributed by atoms with van der Waals surface area (Å²) in [6, 6.07) is 11.3. The minimum Gasteiger partial charge on any atom is -0.393 e. The maximum atomic E-state index is 15.8. The van der Waals surface area contributed by atoms with Crippen molar-refractivity contribution in [2.75, 3.05) is 60.1 Å². The van der Waals surface area contributed by atoms with E-state index >= 15 is 38.4 Å². The number of para-hydroxylation sites is 2. The lowest BCUT2D eigenvalue weighted by Gasteiger charge is -2.36. The van der Waals surface area contributed by atoms with Crippen LogP contribution in [0.15, 0.2) is 104 Å². The second-order valence-electron chi connectivity index (χ2n) is 35.0. The molecule has 0 spiro atoms. The lowest BCUT2D eigenvalue weighted by atomic mass is 9.83. The number of aromatic nitrogens is 4. The van der Waals surface area contributed by atoms with E-state index in [-0.39, 0.29) is 89.6 Å². The Morgan fingerprint density at radius 3 is 1.73 bits per heavy atom. The summed E-state index contributed by atoms with van der Waals surface area (Å²) >= 11 is 0.545. The summed E-state index contributed by atoms with van der Waals surface area (Å²) in [5, 5.41) is 37.8. The molecule has 0 radical (unpaired) electrons. The zero-order chi connectivity index (χ0) is 96.7. The van der Waals surface area contributed by atoms with Gasteiger partial charge < -0.3 is 99.0 Å². The van der Waals surface area contributed by atoms with Crippen molar-refractivity contribution < 1.29 is 86.6 Å². The van der Waals surface area contributed by atoms with Gasteiger partial charge in [-0.1, -0.05) is 120 Å². The molecule has 8 rings (SSSR count). The molecule has 5 heterocycles. The number of hydrogen-bond acceptors (Lipinski definition) is 21. The minimum absolute atomic E-state index is 0.0243. The van der Waals surface area contributed by atoms with Crippen LogP contribution >= 0.6 is 11.8 Å². The number of imidazole rings is 1. The van der Waals surface area contributed by atoms with Gasteiger partial charge in [0, 0.05) is 150 Å². The number of unbranched alkanes of at least 4 members (excludes halogenated alkanes) is 2. The summed E-state index contributed by atoms with van der Waals surface area (Å²) in [6.07, 6.45) is 3.25. The molecule has 14 atom stereocenters. The van der Waals surface area contributed by atoms with E-state index < -0.39 is 240 Å². The molecule has 0 aliphatic carbocycles. The Kier molecular flexibility index (Phi) is 40.2. The number of aromatic amines is 3. The van der Waals surface area contributed by atoms with Gasteiger partial charge in [-0.3, -0.25) is 86.9 Å². The van der Waals surface area contributed by atoms with E-state index in [1.165, 1.54) is 69.3 Å². The molecular formula is C93H130N20O18S. The van der Waals surface area contributed by atoms with Crippen LogP contribution in [-0.2, 0) is 107 Å². The number of likely N-dealkylation sites (N-methyl/N-ethyl adjacent to an activating group) is 4. The van der Waals surface area contributed by atoms with E-state index in [4.69, 9.17) is 22.6 Å². The van der Waals surface area contributed by atoms with Crippen LogP contribution in [0.5, 0.6) is 0 Å². The second kappa shape index (κ2) is 50.6. The number of carbonyl (C=O) groups is 17. The van der Waals surface area contributed by atoms with Gasteiger partial charge in [-0.25, -0.2) is 4.98 Å². The molecule has 18 N–H and O–H groups in total. The van der Waals surface area contributed by atoms with Crippen LogP contribution < -0.4 is 54.4 Å². The third-order valence-electron chi connectivity index (χ3n) is 24.4. The lowest BCUT2D eigenvalue weighted by Crippen LogP contribution is -2.58. The molecule has 132 heavy (non-hydrogen) atoms. The molecular weight excluding hydrogens is 1720 g/mol. The molecule has 0 saturated carbocycles. The lowest BCUT2D eigenvalue weighted by molar-refractivity contribution is -0.149. The molecule has 2 saturated heterocycles. The number of nitrogens with one attached hydrogen (secondary N) is 11. The molecule has 13 amide bonds. The van der Waals surface area contributed by atoms with Gasteiger partial charge in [0.15, 0.2) is 28.7 Å². The van der Waals surface area contributed by atoms with Crippen molar-refractivity contribution in [3.8, 4) is 0 Å². The number of ketones is 4. The van der Waals surface area contributed by atoms with Gasteiger partial charge in [0.25, 0.3) is 5.91 Å². The summed E-state index contributed by atoms with van der Waals surface area (Å²) < 4.78 is 0. The predicted octanol–water partition coefficient (Wildman–Crippen LogP) is 2.57. The number of rotatable bonds is 26. The zero-order valence-corrected chi connectivity index (χ0v) is 77.7. The highest BCUT2D eigenvalue weighted by atomic mass is 32.2. The number of nitrogens with two attached hydrogens (primary N) is 3. The van der Waals surface area contributed by atoms with Gasteiger partial charge in [-0.2, -0.15) is 0 Å². The Balaban J connectivity index is 1.20. The SMILES string of the molecule is CCCC[C@H]1C(=O)N(C)[C@@H](CCCC)C(=O)C[C@@H](CCCNC(=N)N)C(=O)N[C@H](C(=O)NCC(N)=O)SCC(=O)N[C@@H](Cc2ccccc2)C(=O)N(C)[C@@H](C)C(=O)N[C@@H](CC(N)=O)C(=O)N2CCC[C@H]2C(=O)C[C@@H](Cc2cnc[nH]2)C(=O)C[C@@H](CC(C)C)C(=O)N(C)CC(=O)N[C@@H](Cc2c[nH]c3ccccc23)C(=O)C[C@@H]([C@@H](C)O)C(=O)N[C@@H](Cc2c[nH]c3ccccc23)C(=O)N1C. The first-order chi connectivity index (χ1) is 62.8. The number of amides is 13. The number of guanidine groups is 1. The van der Waals surface area contributed by atoms with E-state index in [1.807, 2.05) is 39.8 Å². The summed E-state index contributed by atoms with van der Waals surface area (Å²) in [4.78, 5) is 270. The van der Waals surface area contributed by atoms with Crippen molar-refractivity contribution >= 4 is 139 Å². The first-order valence-electron chi connectivity index (χ1n) is 45.1. The third-order valence-corrected chi connectivity index (χ3v) is 25.5. The zero-order valence-electron chi connectivity index (χ0n) is 76.9. The number of thioether (sulfide) groups is 1. The van der Waals surface area contributed by atoms with Crippen LogP contribution in [0.4, 0.5) is 0 Å². The van der Waals surface area contributed by atoms with Crippen molar-refractivity contribution in [2.45, 2.75) is 230 Å². The van der Waals surface area contributed by atoms with Crippen molar-refractivity contribution in [2.24, 2.45) is 46.8 Å². The average Bonchev–Trinajstić information content (AvgIpc) is 1.65. The monoisotopic (exact) mass is 1850 g/mol. The van der Waals surface area contributed by atoms with Gasteiger partial charge in [0.05, 0.1) is 61.7 Å². The molecule has 38 nitrogen and oxygen atoms in total. The first-order valence-corrected chi connectivity index (χ1v) is 46.1. The van der Waals surface area contributed by atoms with E-state index in [0.717, 1.165) is 9.80 Å². The van der Waals surface area contributed by atoms with Crippen LogP contribution in [-0.4, -0.2) is 275 Å². The van der Waals surface area contributed by atoms with Crippen molar-refractivity contribution in [1.29, 1.82) is 5.41 Å². The standard InChI is InChI=1S/C93H130N20O18S/c1-11-13-31-72-77(117)41-57(26-22-34-99-93(96)97)84(124)108-87(86(126)102-49-80(95)120)132-51-82(122)105-69(37-56-24-16-15-17-25-56)89(128)110(8)54(5)83(123)106-71(45-79(94)119)91(130)113-35-23-33-73(113)78(118)42-58(38-62-48-98-52-103-62)75(115)43-59(36-53(3)4)88(127)109(7)50-81(121)104-68(39-60-46-100-66-29-20-18-27-63(60)66)76(116)44-65(55(6)114)85(125)107-70(40-61-47-101-67-30-21-19-28-64(61)67)90(129)112(10)74(32-14-12-2)92(131)111(72)9/h15-21,24-25,27-30,46-48,52-55,57-59,65,68-74,87,100-101,114H,11-14,22-23,26,31-45,49-51H2,1-10H3,(H2,94,119)(H2,95,120)(H,98,103)(H,102,126)(H,104,121)(H,105,122)(H,106,123)(H,107,125)(H,108,124)(H4,96,97,99)/t54-,55+,57+,58+,59+,65-,68-,69-,70-,71-,72-,73-,74-,87-/m0/s1. The van der Waals surface area contributed by atoms with Crippen molar-refractivity contribution in [3.05, 3.63) is 126 Å². The number of fused-ring (bicyclic) bond motifs is 3. The molecule has 2 aliphatic heterocycles. The van der Waals surface area contributed by atoms with E-state index in [1.54, 1.807) is 79.1 Å². The Bertz CT molecular complexity index is 5060. The van der Waals surface area contributed by atoms with Crippen molar-refractivity contribution in [3.63, 3.8) is 0 Å².